The van der Waals surface area contributed by atoms with Gasteiger partial charge in [0.1, 0.15) is 18.7 Å². The Kier molecular flexibility index (Phi) is 11.6. The zero-order valence-corrected chi connectivity index (χ0v) is 20.6. The third-order valence-electron chi connectivity index (χ3n) is 5.90. The van der Waals surface area contributed by atoms with Crippen molar-refractivity contribution in [1.82, 2.24) is 16.0 Å². The molecule has 0 saturated carbocycles. The standard InChI is InChI=1S/C26H39N3O5/c1-18(2)24-25(32)27-19(3)26(33)34-17-21(16-20-12-8-7-9-13-20)28-22(30)14-10-5-4-6-11-15-23(31)29-24/h7-9,12-13,18-19,21,24H,4-6,10-11,14-17H2,1-3H3,(H,27,32)(H,28,30)(H,29,31)/t19-,21-,24-/m0/s1. The second-order valence-electron chi connectivity index (χ2n) is 9.37. The second-order valence-corrected chi connectivity index (χ2v) is 9.37. The number of nitrogens with one attached hydrogen (secondary N) is 3. The maximum atomic E-state index is 12.8. The predicted molar refractivity (Wildman–Crippen MR) is 130 cm³/mol. The highest BCUT2D eigenvalue weighted by atomic mass is 16.5. The van der Waals surface area contributed by atoms with Crippen LogP contribution < -0.4 is 16.0 Å². The first-order chi connectivity index (χ1) is 16.3. The number of esters is 1. The first-order valence-electron chi connectivity index (χ1n) is 12.4. The normalized spacial score (nSPS) is 24.6. The van der Waals surface area contributed by atoms with Gasteiger partial charge in [-0.25, -0.2) is 4.79 Å². The molecule has 0 radical (unpaired) electrons. The minimum absolute atomic E-state index is 0.00399. The Bertz CT molecular complexity index is 812. The summed E-state index contributed by atoms with van der Waals surface area (Å²) in [6, 6.07) is 7.72. The summed E-state index contributed by atoms with van der Waals surface area (Å²) in [5.41, 5.74) is 1.03. The van der Waals surface area contributed by atoms with E-state index in [0.717, 1.165) is 37.7 Å². The molecule has 0 bridgehead atoms. The van der Waals surface area contributed by atoms with E-state index >= 15 is 0 Å². The fourth-order valence-corrected chi connectivity index (χ4v) is 3.90. The predicted octanol–water partition coefficient (Wildman–Crippen LogP) is 2.65. The zero-order valence-electron chi connectivity index (χ0n) is 20.6. The quantitative estimate of drug-likeness (QED) is 0.584. The summed E-state index contributed by atoms with van der Waals surface area (Å²) in [5, 5.41) is 8.45. The highest BCUT2D eigenvalue weighted by Gasteiger charge is 2.28. The molecule has 34 heavy (non-hydrogen) atoms. The molecule has 0 unspecified atom stereocenters. The SMILES string of the molecule is CC(C)[C@@H]1NC(=O)CCCCCCCC(=O)N[C@@H](Cc2ccccc2)COC(=O)[C@H](C)NC1=O. The average Bonchev–Trinajstić information content (AvgIpc) is 2.79. The number of cyclic esters (lactones) is 1. The van der Waals surface area contributed by atoms with E-state index in [4.69, 9.17) is 4.74 Å². The molecule has 0 aromatic heterocycles. The molecule has 2 rings (SSSR count). The van der Waals surface area contributed by atoms with Crippen LogP contribution in [0.15, 0.2) is 30.3 Å². The van der Waals surface area contributed by atoms with Gasteiger partial charge in [0.2, 0.25) is 17.7 Å². The Labute approximate surface area is 202 Å². The molecule has 3 atom stereocenters. The smallest absolute Gasteiger partial charge is 0.328 e. The maximum absolute atomic E-state index is 12.8. The minimum Gasteiger partial charge on any atom is -0.462 e. The Balaban J connectivity index is 2.09. The van der Waals surface area contributed by atoms with Crippen LogP contribution in [0.1, 0.15) is 71.3 Å². The molecule has 0 aliphatic carbocycles. The topological polar surface area (TPSA) is 114 Å². The molecule has 1 saturated heterocycles. The van der Waals surface area contributed by atoms with E-state index in [1.54, 1.807) is 6.92 Å². The van der Waals surface area contributed by atoms with Crippen molar-refractivity contribution in [1.29, 1.82) is 0 Å². The van der Waals surface area contributed by atoms with Crippen LogP contribution in [0.4, 0.5) is 0 Å². The van der Waals surface area contributed by atoms with Crippen molar-refractivity contribution >= 4 is 23.7 Å². The van der Waals surface area contributed by atoms with Crippen molar-refractivity contribution in [3.8, 4) is 0 Å². The van der Waals surface area contributed by atoms with Gasteiger partial charge in [-0.15, -0.1) is 0 Å². The second kappa shape index (κ2) is 14.4. The first kappa shape index (κ1) is 27.3. The average molecular weight is 474 g/mol. The van der Waals surface area contributed by atoms with E-state index in [-0.39, 0.29) is 30.4 Å². The molecule has 1 aromatic rings. The van der Waals surface area contributed by atoms with E-state index in [2.05, 4.69) is 16.0 Å². The molecule has 8 heteroatoms. The van der Waals surface area contributed by atoms with Crippen LogP contribution in [0.25, 0.3) is 0 Å². The number of benzene rings is 1. The lowest BCUT2D eigenvalue weighted by Crippen LogP contribution is -2.53. The van der Waals surface area contributed by atoms with Crippen LogP contribution in [0.3, 0.4) is 0 Å². The number of hydrogen-bond acceptors (Lipinski definition) is 5. The van der Waals surface area contributed by atoms with Crippen LogP contribution in [-0.2, 0) is 30.3 Å². The molecular weight excluding hydrogens is 434 g/mol. The van der Waals surface area contributed by atoms with E-state index in [1.165, 1.54) is 0 Å². The molecule has 1 aliphatic rings. The van der Waals surface area contributed by atoms with E-state index in [9.17, 15) is 19.2 Å². The zero-order chi connectivity index (χ0) is 24.9. The van der Waals surface area contributed by atoms with Gasteiger partial charge in [0.15, 0.2) is 0 Å². The van der Waals surface area contributed by atoms with Crippen molar-refractivity contribution in [3.05, 3.63) is 35.9 Å². The van der Waals surface area contributed by atoms with Gasteiger partial charge in [-0.2, -0.15) is 0 Å². The number of carbonyl (C=O) groups is 4. The fourth-order valence-electron chi connectivity index (χ4n) is 3.90. The number of rotatable bonds is 3. The van der Waals surface area contributed by atoms with Crippen LogP contribution in [0.5, 0.6) is 0 Å². The fraction of sp³-hybridized carbons (Fsp3) is 0.615. The van der Waals surface area contributed by atoms with Crippen LogP contribution in [-0.4, -0.2) is 48.4 Å². The summed E-state index contributed by atoms with van der Waals surface area (Å²) in [6.45, 7) is 5.25. The van der Waals surface area contributed by atoms with Gasteiger partial charge in [0.25, 0.3) is 0 Å². The maximum Gasteiger partial charge on any atom is 0.328 e. The van der Waals surface area contributed by atoms with Gasteiger partial charge in [0.05, 0.1) is 6.04 Å². The summed E-state index contributed by atoms with van der Waals surface area (Å²) < 4.78 is 5.46. The number of ether oxygens (including phenoxy) is 1. The third-order valence-corrected chi connectivity index (χ3v) is 5.90. The van der Waals surface area contributed by atoms with Gasteiger partial charge >= 0.3 is 5.97 Å². The lowest BCUT2D eigenvalue weighted by molar-refractivity contribution is -0.148. The first-order valence-corrected chi connectivity index (χ1v) is 12.4. The largest absolute Gasteiger partial charge is 0.462 e. The van der Waals surface area contributed by atoms with Crippen molar-refractivity contribution < 1.29 is 23.9 Å². The summed E-state index contributed by atoms with van der Waals surface area (Å²) in [6.07, 6.45) is 5.51. The Morgan fingerprint density at radius 1 is 0.853 bits per heavy atom. The molecule has 3 amide bonds. The van der Waals surface area contributed by atoms with Crippen molar-refractivity contribution in [2.45, 2.75) is 90.3 Å². The number of carbonyl (C=O) groups excluding carboxylic acids is 4. The van der Waals surface area contributed by atoms with Crippen LogP contribution in [0, 0.1) is 5.92 Å². The van der Waals surface area contributed by atoms with Gasteiger partial charge < -0.3 is 20.7 Å². The summed E-state index contributed by atoms with van der Waals surface area (Å²) in [7, 11) is 0. The number of amides is 3. The van der Waals surface area contributed by atoms with Gasteiger partial charge in [-0.3, -0.25) is 14.4 Å². The summed E-state index contributed by atoms with van der Waals surface area (Å²) in [5.74, 6) is -1.39. The molecule has 188 valence electrons. The molecule has 1 aromatic carbocycles. The van der Waals surface area contributed by atoms with E-state index in [0.29, 0.717) is 19.3 Å². The highest BCUT2D eigenvalue weighted by molar-refractivity contribution is 5.90. The molecule has 0 spiro atoms. The molecule has 1 heterocycles. The van der Waals surface area contributed by atoms with Gasteiger partial charge in [-0.05, 0) is 37.7 Å². The van der Waals surface area contributed by atoms with Gasteiger partial charge in [0, 0.05) is 12.8 Å². The highest BCUT2D eigenvalue weighted by Crippen LogP contribution is 2.10. The van der Waals surface area contributed by atoms with E-state index < -0.39 is 24.0 Å². The van der Waals surface area contributed by atoms with Crippen LogP contribution >= 0.6 is 0 Å². The molecule has 1 fully saturated rings. The number of hydrogen-bond donors (Lipinski definition) is 3. The summed E-state index contributed by atoms with van der Waals surface area (Å²) >= 11 is 0. The molecular formula is C26H39N3O5. The lowest BCUT2D eigenvalue weighted by atomic mass is 10.0. The summed E-state index contributed by atoms with van der Waals surface area (Å²) in [4.78, 5) is 50.1. The van der Waals surface area contributed by atoms with E-state index in [1.807, 2.05) is 44.2 Å². The lowest BCUT2D eigenvalue weighted by Gasteiger charge is -2.24. The molecule has 1 aliphatic heterocycles. The Hall–Kier alpha value is -2.90. The minimum atomic E-state index is -0.888. The van der Waals surface area contributed by atoms with Gasteiger partial charge in [-0.1, -0.05) is 63.4 Å². The van der Waals surface area contributed by atoms with Crippen molar-refractivity contribution in [2.24, 2.45) is 5.92 Å². The Morgan fingerprint density at radius 2 is 1.44 bits per heavy atom. The van der Waals surface area contributed by atoms with Crippen molar-refractivity contribution in [3.63, 3.8) is 0 Å². The molecule has 3 N–H and O–H groups in total. The monoisotopic (exact) mass is 473 g/mol. The molecule has 8 nitrogen and oxygen atoms in total. The van der Waals surface area contributed by atoms with Crippen molar-refractivity contribution in [2.75, 3.05) is 6.61 Å². The van der Waals surface area contributed by atoms with Crippen LogP contribution in [0.2, 0.25) is 0 Å². The Morgan fingerprint density at radius 3 is 2.06 bits per heavy atom. The third kappa shape index (κ3) is 9.93.